The lowest BCUT2D eigenvalue weighted by Crippen LogP contribution is -1.94. The van der Waals surface area contributed by atoms with E-state index in [2.05, 4.69) is 4.98 Å². The number of aryl methyl sites for hydroxylation is 1. The van der Waals surface area contributed by atoms with Crippen LogP contribution in [0.2, 0.25) is 0 Å². The van der Waals surface area contributed by atoms with Gasteiger partial charge in [-0.1, -0.05) is 6.07 Å². The van der Waals surface area contributed by atoms with E-state index in [0.717, 1.165) is 27.9 Å². The van der Waals surface area contributed by atoms with Gasteiger partial charge in [0.15, 0.2) is 0 Å². The predicted molar refractivity (Wildman–Crippen MR) is 63.7 cm³/mol. The van der Waals surface area contributed by atoms with Crippen molar-refractivity contribution in [1.82, 2.24) is 4.98 Å². The van der Waals surface area contributed by atoms with Crippen LogP contribution in [0.1, 0.15) is 24.3 Å². The van der Waals surface area contributed by atoms with E-state index < -0.39 is 6.10 Å². The standard InChI is InChI=1S/C13H15NO2/c1-8-6-13(16-3)11-5-4-10(9(2)15)7-12(11)14-8/h4-7,9,15H,1-3H3. The number of nitrogens with zero attached hydrogens (tertiary/aromatic N) is 1. The minimum atomic E-state index is -0.474. The lowest BCUT2D eigenvalue weighted by Gasteiger charge is -2.09. The summed E-state index contributed by atoms with van der Waals surface area (Å²) in [4.78, 5) is 4.44. The van der Waals surface area contributed by atoms with E-state index in [0.29, 0.717) is 0 Å². The molecular weight excluding hydrogens is 202 g/mol. The first-order valence-corrected chi connectivity index (χ1v) is 5.25. The van der Waals surface area contributed by atoms with Crippen LogP contribution in [0.25, 0.3) is 10.9 Å². The zero-order valence-electron chi connectivity index (χ0n) is 9.69. The molecule has 2 aromatic rings. The second-order valence-electron chi connectivity index (χ2n) is 3.92. The lowest BCUT2D eigenvalue weighted by molar-refractivity contribution is 0.199. The van der Waals surface area contributed by atoms with Gasteiger partial charge in [-0.15, -0.1) is 0 Å². The van der Waals surface area contributed by atoms with Crippen LogP contribution in [0.4, 0.5) is 0 Å². The third-order valence-corrected chi connectivity index (χ3v) is 2.63. The molecule has 0 fully saturated rings. The number of hydrogen-bond donors (Lipinski definition) is 1. The molecule has 16 heavy (non-hydrogen) atoms. The number of rotatable bonds is 2. The number of aromatic nitrogens is 1. The predicted octanol–water partition coefficient (Wildman–Crippen LogP) is 2.61. The molecule has 0 radical (unpaired) electrons. The van der Waals surface area contributed by atoms with E-state index in [1.165, 1.54) is 0 Å². The third-order valence-electron chi connectivity index (χ3n) is 2.63. The van der Waals surface area contributed by atoms with Crippen molar-refractivity contribution >= 4 is 10.9 Å². The summed E-state index contributed by atoms with van der Waals surface area (Å²) in [6.45, 7) is 3.67. The molecule has 0 aliphatic heterocycles. The van der Waals surface area contributed by atoms with Crippen LogP contribution in [0, 0.1) is 6.92 Å². The van der Waals surface area contributed by atoms with Gasteiger partial charge in [-0.2, -0.15) is 0 Å². The minimum Gasteiger partial charge on any atom is -0.496 e. The van der Waals surface area contributed by atoms with Gasteiger partial charge in [-0.05, 0) is 31.5 Å². The van der Waals surface area contributed by atoms with Gasteiger partial charge in [0, 0.05) is 17.1 Å². The molecule has 1 heterocycles. The van der Waals surface area contributed by atoms with Crippen LogP contribution in [0.15, 0.2) is 24.3 Å². The Labute approximate surface area is 94.7 Å². The number of hydrogen-bond acceptors (Lipinski definition) is 3. The lowest BCUT2D eigenvalue weighted by atomic mass is 10.1. The van der Waals surface area contributed by atoms with Gasteiger partial charge in [0.05, 0.1) is 18.7 Å². The second-order valence-corrected chi connectivity index (χ2v) is 3.92. The van der Waals surface area contributed by atoms with Crippen LogP contribution in [-0.2, 0) is 0 Å². The number of aliphatic hydroxyl groups is 1. The molecule has 2 rings (SSSR count). The average molecular weight is 217 g/mol. The molecular formula is C13H15NO2. The zero-order valence-corrected chi connectivity index (χ0v) is 9.69. The Bertz CT molecular complexity index is 521. The first-order valence-electron chi connectivity index (χ1n) is 5.25. The third kappa shape index (κ3) is 1.86. The Hall–Kier alpha value is -1.61. The molecule has 1 aromatic heterocycles. The largest absolute Gasteiger partial charge is 0.496 e. The molecule has 1 atom stereocenters. The fourth-order valence-electron chi connectivity index (χ4n) is 1.77. The molecule has 0 spiro atoms. The van der Waals surface area contributed by atoms with Gasteiger partial charge in [-0.3, -0.25) is 4.98 Å². The molecule has 0 aliphatic rings. The number of fused-ring (bicyclic) bond motifs is 1. The number of aliphatic hydroxyl groups excluding tert-OH is 1. The van der Waals surface area contributed by atoms with Crippen molar-refractivity contribution in [2.75, 3.05) is 7.11 Å². The maximum absolute atomic E-state index is 9.52. The SMILES string of the molecule is COc1cc(C)nc2cc(C(C)O)ccc12. The number of ether oxygens (including phenoxy) is 1. The fourth-order valence-corrected chi connectivity index (χ4v) is 1.77. The van der Waals surface area contributed by atoms with Crippen molar-refractivity contribution in [3.8, 4) is 5.75 Å². The summed E-state index contributed by atoms with van der Waals surface area (Å²) in [6, 6.07) is 7.63. The highest BCUT2D eigenvalue weighted by Crippen LogP contribution is 2.27. The zero-order chi connectivity index (χ0) is 11.7. The Morgan fingerprint density at radius 3 is 2.69 bits per heavy atom. The molecule has 0 amide bonds. The van der Waals surface area contributed by atoms with Gasteiger partial charge in [0.2, 0.25) is 0 Å². The van der Waals surface area contributed by atoms with Crippen LogP contribution in [0.3, 0.4) is 0 Å². The summed E-state index contributed by atoms with van der Waals surface area (Å²) in [7, 11) is 1.65. The quantitative estimate of drug-likeness (QED) is 0.840. The van der Waals surface area contributed by atoms with Crippen molar-refractivity contribution in [2.45, 2.75) is 20.0 Å². The van der Waals surface area contributed by atoms with E-state index in [9.17, 15) is 5.11 Å². The molecule has 84 valence electrons. The van der Waals surface area contributed by atoms with Gasteiger partial charge >= 0.3 is 0 Å². The number of benzene rings is 1. The van der Waals surface area contributed by atoms with Crippen molar-refractivity contribution in [2.24, 2.45) is 0 Å². The Morgan fingerprint density at radius 1 is 1.31 bits per heavy atom. The summed E-state index contributed by atoms with van der Waals surface area (Å²) in [6.07, 6.45) is -0.474. The van der Waals surface area contributed by atoms with E-state index in [4.69, 9.17) is 4.74 Å². The summed E-state index contributed by atoms with van der Waals surface area (Å²) in [5.41, 5.74) is 2.63. The van der Waals surface area contributed by atoms with E-state index >= 15 is 0 Å². The number of methoxy groups -OCH3 is 1. The van der Waals surface area contributed by atoms with Crippen molar-refractivity contribution in [3.63, 3.8) is 0 Å². The maximum atomic E-state index is 9.52. The summed E-state index contributed by atoms with van der Waals surface area (Å²) in [5, 5.41) is 10.5. The minimum absolute atomic E-state index is 0.474. The molecule has 1 unspecified atom stereocenters. The van der Waals surface area contributed by atoms with Crippen molar-refractivity contribution in [1.29, 1.82) is 0 Å². The molecule has 1 aromatic carbocycles. The maximum Gasteiger partial charge on any atom is 0.130 e. The van der Waals surface area contributed by atoms with E-state index in [1.54, 1.807) is 14.0 Å². The summed E-state index contributed by atoms with van der Waals surface area (Å²) < 4.78 is 5.31. The van der Waals surface area contributed by atoms with Crippen LogP contribution in [-0.4, -0.2) is 17.2 Å². The smallest absolute Gasteiger partial charge is 0.130 e. The summed E-state index contributed by atoms with van der Waals surface area (Å²) >= 11 is 0. The van der Waals surface area contributed by atoms with E-state index in [-0.39, 0.29) is 0 Å². The number of pyridine rings is 1. The first-order chi connectivity index (χ1) is 7.61. The molecule has 0 aliphatic carbocycles. The van der Waals surface area contributed by atoms with Gasteiger partial charge in [-0.25, -0.2) is 0 Å². The summed E-state index contributed by atoms with van der Waals surface area (Å²) in [5.74, 6) is 0.819. The van der Waals surface area contributed by atoms with Gasteiger partial charge in [0.25, 0.3) is 0 Å². The molecule has 0 saturated carbocycles. The Kier molecular flexibility index (Phi) is 2.79. The first kappa shape index (κ1) is 10.9. The van der Waals surface area contributed by atoms with Crippen LogP contribution < -0.4 is 4.74 Å². The van der Waals surface area contributed by atoms with E-state index in [1.807, 2.05) is 31.2 Å². The monoisotopic (exact) mass is 217 g/mol. The molecule has 0 bridgehead atoms. The van der Waals surface area contributed by atoms with Crippen LogP contribution in [0.5, 0.6) is 5.75 Å². The van der Waals surface area contributed by atoms with Crippen LogP contribution >= 0.6 is 0 Å². The molecule has 1 N–H and O–H groups in total. The Morgan fingerprint density at radius 2 is 2.06 bits per heavy atom. The molecule has 0 saturated heterocycles. The Balaban J connectivity index is 2.69. The fraction of sp³-hybridized carbons (Fsp3) is 0.308. The molecule has 3 nitrogen and oxygen atoms in total. The molecule has 3 heteroatoms. The van der Waals surface area contributed by atoms with Crippen molar-refractivity contribution in [3.05, 3.63) is 35.5 Å². The highest BCUT2D eigenvalue weighted by Gasteiger charge is 2.07. The average Bonchev–Trinajstić information content (AvgIpc) is 2.26. The normalized spacial score (nSPS) is 12.8. The highest BCUT2D eigenvalue weighted by molar-refractivity contribution is 5.85. The van der Waals surface area contributed by atoms with Gasteiger partial charge < -0.3 is 9.84 Å². The second kappa shape index (κ2) is 4.10. The highest BCUT2D eigenvalue weighted by atomic mass is 16.5. The van der Waals surface area contributed by atoms with Crippen molar-refractivity contribution < 1.29 is 9.84 Å². The van der Waals surface area contributed by atoms with Gasteiger partial charge in [0.1, 0.15) is 5.75 Å². The topological polar surface area (TPSA) is 42.4 Å².